The molecule has 0 aliphatic carbocycles. The molecule has 0 bridgehead atoms. The van der Waals surface area contributed by atoms with Crippen molar-refractivity contribution in [2.45, 2.75) is 32.3 Å². The molecule has 0 aliphatic rings. The zero-order valence-electron chi connectivity index (χ0n) is 13.8. The molecule has 1 aromatic heterocycles. The number of pyridine rings is 1. The summed E-state index contributed by atoms with van der Waals surface area (Å²) in [6.45, 7) is 3.42. The quantitative estimate of drug-likeness (QED) is 0.751. The minimum Gasteiger partial charge on any atom is -0.453 e. The molecule has 0 fully saturated rings. The minimum absolute atomic E-state index is 0.00339. The maximum absolute atomic E-state index is 12.1. The Morgan fingerprint density at radius 2 is 1.88 bits per heavy atom. The second-order valence-electron chi connectivity index (χ2n) is 5.62. The molecule has 2 aromatic rings. The number of hydrogen-bond acceptors (Lipinski definition) is 4. The van der Waals surface area contributed by atoms with Crippen molar-refractivity contribution in [3.05, 3.63) is 58.2 Å². The molecule has 132 valence electrons. The summed E-state index contributed by atoms with van der Waals surface area (Å²) in [7, 11) is 0. The maximum Gasteiger partial charge on any atom is 0.307 e. The normalized spacial score (nSPS) is 13.0. The molecule has 2 atom stereocenters. The van der Waals surface area contributed by atoms with Crippen LogP contribution in [0.4, 0.5) is 5.82 Å². The number of nitrogens with one attached hydrogen (secondary N) is 1. The summed E-state index contributed by atoms with van der Waals surface area (Å²) in [6.07, 6.45) is 0.576. The Morgan fingerprint density at radius 1 is 1.20 bits per heavy atom. The van der Waals surface area contributed by atoms with Crippen LogP contribution in [-0.4, -0.2) is 23.0 Å². The summed E-state index contributed by atoms with van der Waals surface area (Å²) in [6, 6.07) is 11.1. The van der Waals surface area contributed by atoms with E-state index in [0.29, 0.717) is 5.02 Å². The molecule has 0 radical (unpaired) electrons. The van der Waals surface area contributed by atoms with Gasteiger partial charge in [-0.1, -0.05) is 60.5 Å². The van der Waals surface area contributed by atoms with E-state index in [1.165, 1.54) is 19.2 Å². The first-order chi connectivity index (χ1) is 11.9. The molecule has 1 heterocycles. The standard InChI is InChI=1S/C18H18Cl2N2O3/c1-11(13-6-4-3-5-7-13)8-16(23)25-12(2)18(24)22-17-15(20)9-14(19)10-21-17/h3-7,9-12H,8H2,1-2H3,(H,21,22,24)/t11-,12-/m1/s1. The molecule has 2 rings (SSSR count). The van der Waals surface area contributed by atoms with Crippen LogP contribution in [0.25, 0.3) is 0 Å². The topological polar surface area (TPSA) is 68.3 Å². The second-order valence-corrected chi connectivity index (χ2v) is 6.46. The lowest BCUT2D eigenvalue weighted by Crippen LogP contribution is -2.30. The summed E-state index contributed by atoms with van der Waals surface area (Å²) in [5.41, 5.74) is 1.04. The van der Waals surface area contributed by atoms with Crippen molar-refractivity contribution in [3.63, 3.8) is 0 Å². The number of benzene rings is 1. The SMILES string of the molecule is C[C@H](CC(=O)O[C@H](C)C(=O)Nc1ncc(Cl)cc1Cl)c1ccccc1. The van der Waals surface area contributed by atoms with Crippen LogP contribution < -0.4 is 5.32 Å². The summed E-state index contributed by atoms with van der Waals surface area (Å²) >= 11 is 11.7. The second kappa shape index (κ2) is 8.83. The van der Waals surface area contributed by atoms with Crippen molar-refractivity contribution in [2.24, 2.45) is 0 Å². The Hall–Kier alpha value is -2.11. The molecule has 1 N–H and O–H groups in total. The Kier molecular flexibility index (Phi) is 6.79. The summed E-state index contributed by atoms with van der Waals surface area (Å²) in [4.78, 5) is 28.1. The van der Waals surface area contributed by atoms with Gasteiger partial charge in [0.05, 0.1) is 16.5 Å². The number of halogens is 2. The van der Waals surface area contributed by atoms with Gasteiger partial charge in [0.2, 0.25) is 0 Å². The molecule has 5 nitrogen and oxygen atoms in total. The number of amides is 1. The number of esters is 1. The van der Waals surface area contributed by atoms with Crippen molar-refractivity contribution in [2.75, 3.05) is 5.32 Å². The van der Waals surface area contributed by atoms with Gasteiger partial charge in [0.25, 0.3) is 5.91 Å². The zero-order chi connectivity index (χ0) is 18.4. The summed E-state index contributed by atoms with van der Waals surface area (Å²) < 4.78 is 5.19. The van der Waals surface area contributed by atoms with E-state index in [-0.39, 0.29) is 23.2 Å². The van der Waals surface area contributed by atoms with E-state index in [2.05, 4.69) is 10.3 Å². The van der Waals surface area contributed by atoms with Gasteiger partial charge < -0.3 is 10.1 Å². The van der Waals surface area contributed by atoms with Gasteiger partial charge in [-0.05, 0) is 24.5 Å². The van der Waals surface area contributed by atoms with E-state index in [1.807, 2.05) is 37.3 Å². The molecule has 7 heteroatoms. The van der Waals surface area contributed by atoms with Crippen molar-refractivity contribution >= 4 is 40.9 Å². The van der Waals surface area contributed by atoms with Crippen molar-refractivity contribution in [1.82, 2.24) is 4.98 Å². The Labute approximate surface area is 156 Å². The highest BCUT2D eigenvalue weighted by molar-refractivity contribution is 6.36. The van der Waals surface area contributed by atoms with Crippen LogP contribution in [0.2, 0.25) is 10.0 Å². The Balaban J connectivity index is 1.88. The number of anilines is 1. The van der Waals surface area contributed by atoms with Gasteiger partial charge in [-0.2, -0.15) is 0 Å². The van der Waals surface area contributed by atoms with E-state index < -0.39 is 18.0 Å². The predicted octanol–water partition coefficient (Wildman–Crippen LogP) is 4.45. The molecule has 0 unspecified atom stereocenters. The van der Waals surface area contributed by atoms with E-state index in [9.17, 15) is 9.59 Å². The summed E-state index contributed by atoms with van der Waals surface area (Å²) in [5.74, 6) is -0.806. The first-order valence-corrected chi connectivity index (χ1v) is 8.48. The number of rotatable bonds is 6. The predicted molar refractivity (Wildman–Crippen MR) is 97.9 cm³/mol. The average Bonchev–Trinajstić information content (AvgIpc) is 2.57. The molecular weight excluding hydrogens is 363 g/mol. The highest BCUT2D eigenvalue weighted by Crippen LogP contribution is 2.23. The number of aromatic nitrogens is 1. The smallest absolute Gasteiger partial charge is 0.307 e. The maximum atomic E-state index is 12.1. The molecule has 0 spiro atoms. The van der Waals surface area contributed by atoms with Crippen LogP contribution >= 0.6 is 23.2 Å². The van der Waals surface area contributed by atoms with Crippen molar-refractivity contribution in [1.29, 1.82) is 0 Å². The van der Waals surface area contributed by atoms with E-state index in [0.717, 1.165) is 5.56 Å². The van der Waals surface area contributed by atoms with Crippen LogP contribution in [0.5, 0.6) is 0 Å². The largest absolute Gasteiger partial charge is 0.453 e. The third kappa shape index (κ3) is 5.73. The van der Waals surface area contributed by atoms with Gasteiger partial charge in [-0.25, -0.2) is 4.98 Å². The third-order valence-corrected chi connectivity index (χ3v) is 4.06. The van der Waals surface area contributed by atoms with Crippen molar-refractivity contribution < 1.29 is 14.3 Å². The highest BCUT2D eigenvalue weighted by Gasteiger charge is 2.21. The highest BCUT2D eigenvalue weighted by atomic mass is 35.5. The minimum atomic E-state index is -0.969. The molecule has 25 heavy (non-hydrogen) atoms. The number of carbonyl (C=O) groups excluding carboxylic acids is 2. The zero-order valence-corrected chi connectivity index (χ0v) is 15.3. The lowest BCUT2D eigenvalue weighted by Gasteiger charge is -2.16. The Morgan fingerprint density at radius 3 is 2.52 bits per heavy atom. The number of ether oxygens (including phenoxy) is 1. The molecule has 1 amide bonds. The number of nitrogens with zero attached hydrogens (tertiary/aromatic N) is 1. The van der Waals surface area contributed by atoms with E-state index in [4.69, 9.17) is 27.9 Å². The molecule has 0 aliphatic heterocycles. The lowest BCUT2D eigenvalue weighted by atomic mass is 9.98. The van der Waals surface area contributed by atoms with Crippen LogP contribution in [0.1, 0.15) is 31.7 Å². The van der Waals surface area contributed by atoms with E-state index in [1.54, 1.807) is 0 Å². The van der Waals surface area contributed by atoms with Gasteiger partial charge in [-0.3, -0.25) is 9.59 Å². The first-order valence-electron chi connectivity index (χ1n) is 7.73. The fourth-order valence-corrected chi connectivity index (χ4v) is 2.60. The molecule has 1 aromatic carbocycles. The monoisotopic (exact) mass is 380 g/mol. The number of hydrogen-bond donors (Lipinski definition) is 1. The van der Waals surface area contributed by atoms with Gasteiger partial charge >= 0.3 is 5.97 Å². The van der Waals surface area contributed by atoms with Crippen molar-refractivity contribution in [3.8, 4) is 0 Å². The number of carbonyl (C=O) groups is 2. The lowest BCUT2D eigenvalue weighted by molar-refractivity contribution is -0.153. The van der Waals surface area contributed by atoms with Crippen LogP contribution in [-0.2, 0) is 14.3 Å². The molecule has 0 saturated carbocycles. The average molecular weight is 381 g/mol. The fraction of sp³-hybridized carbons (Fsp3) is 0.278. The molecular formula is C18H18Cl2N2O3. The van der Waals surface area contributed by atoms with Gasteiger partial charge in [0.15, 0.2) is 11.9 Å². The summed E-state index contributed by atoms with van der Waals surface area (Å²) in [5, 5.41) is 3.07. The van der Waals surface area contributed by atoms with Crippen LogP contribution in [0, 0.1) is 0 Å². The molecule has 0 saturated heterocycles. The van der Waals surface area contributed by atoms with Crippen LogP contribution in [0.3, 0.4) is 0 Å². The van der Waals surface area contributed by atoms with E-state index >= 15 is 0 Å². The van der Waals surface area contributed by atoms with Gasteiger partial charge in [0.1, 0.15) is 0 Å². The third-order valence-electron chi connectivity index (χ3n) is 3.57. The van der Waals surface area contributed by atoms with Gasteiger partial charge in [-0.15, -0.1) is 0 Å². The van der Waals surface area contributed by atoms with Gasteiger partial charge in [0, 0.05) is 6.20 Å². The van der Waals surface area contributed by atoms with Crippen LogP contribution in [0.15, 0.2) is 42.6 Å². The Bertz CT molecular complexity index is 753. The fourth-order valence-electron chi connectivity index (χ4n) is 2.17. The first kappa shape index (κ1) is 19.2.